The lowest BCUT2D eigenvalue weighted by Crippen LogP contribution is -2.15. The molecule has 7 nitrogen and oxygen atoms in total. The van der Waals surface area contributed by atoms with E-state index in [4.69, 9.17) is 14.9 Å². The second kappa shape index (κ2) is 9.83. The second-order valence-corrected chi connectivity index (χ2v) is 6.48. The molecular formula is C23H19N5O2. The lowest BCUT2D eigenvalue weighted by molar-refractivity contribution is 0.208. The Bertz CT molecular complexity index is 1190. The molecular weight excluding hydrogens is 378 g/mol. The summed E-state index contributed by atoms with van der Waals surface area (Å²) < 4.78 is 4.99. The fourth-order valence-electron chi connectivity index (χ4n) is 2.79. The number of hydrogen-bond acceptors (Lipinski definition) is 7. The van der Waals surface area contributed by atoms with Crippen molar-refractivity contribution in [2.24, 2.45) is 0 Å². The lowest BCUT2D eigenvalue weighted by atomic mass is 10.0. The van der Waals surface area contributed by atoms with Gasteiger partial charge in [0.25, 0.3) is 0 Å². The molecule has 4 rings (SSSR count). The fourth-order valence-corrected chi connectivity index (χ4v) is 2.79. The van der Waals surface area contributed by atoms with Crippen molar-refractivity contribution >= 4 is 16.5 Å². The average Bonchev–Trinajstić information content (AvgIpc) is 3.33. The highest BCUT2D eigenvalue weighted by molar-refractivity contribution is 5.97. The first kappa shape index (κ1) is 20.5. The van der Waals surface area contributed by atoms with E-state index in [-0.39, 0.29) is 0 Å². The fraction of sp³-hybridized carbons (Fsp3) is 0.130. The number of nitriles is 2. The molecule has 0 bridgehead atoms. The molecule has 0 saturated carbocycles. The van der Waals surface area contributed by atoms with Crippen LogP contribution in [0.15, 0.2) is 71.5 Å². The number of nitrogens with zero attached hydrogens (tertiary/aromatic N) is 4. The van der Waals surface area contributed by atoms with Gasteiger partial charge in [-0.15, -0.1) is 10.2 Å². The molecule has 2 N–H and O–H groups in total. The Kier molecular flexibility index (Phi) is 6.73. The quantitative estimate of drug-likeness (QED) is 0.532. The molecule has 0 aliphatic rings. The summed E-state index contributed by atoms with van der Waals surface area (Å²) in [6, 6.07) is 22.6. The SMILES string of the molecule is CC(O)CNc1ccc(C#N)c2ccccc12.N#Cc1ccc(-c2nnco2)cc1. The summed E-state index contributed by atoms with van der Waals surface area (Å²) in [6.07, 6.45) is 0.873. The van der Waals surface area contributed by atoms with Gasteiger partial charge in [0, 0.05) is 28.6 Å². The van der Waals surface area contributed by atoms with Crippen LogP contribution < -0.4 is 5.32 Å². The van der Waals surface area contributed by atoms with Crippen molar-refractivity contribution in [2.45, 2.75) is 13.0 Å². The van der Waals surface area contributed by atoms with Gasteiger partial charge in [-0.05, 0) is 43.3 Å². The summed E-state index contributed by atoms with van der Waals surface area (Å²) in [5.41, 5.74) is 3.04. The maximum Gasteiger partial charge on any atom is 0.247 e. The maximum absolute atomic E-state index is 9.27. The molecule has 0 aliphatic carbocycles. The van der Waals surface area contributed by atoms with Crippen molar-refractivity contribution in [3.05, 3.63) is 78.2 Å². The summed E-state index contributed by atoms with van der Waals surface area (Å²) in [5.74, 6) is 0.462. The minimum atomic E-state index is -0.399. The van der Waals surface area contributed by atoms with Crippen molar-refractivity contribution < 1.29 is 9.52 Å². The summed E-state index contributed by atoms with van der Waals surface area (Å²) in [5, 5.41) is 39.3. The molecule has 0 fully saturated rings. The second-order valence-electron chi connectivity index (χ2n) is 6.48. The van der Waals surface area contributed by atoms with Gasteiger partial charge in [0.15, 0.2) is 0 Å². The third-order valence-corrected chi connectivity index (χ3v) is 4.25. The smallest absolute Gasteiger partial charge is 0.247 e. The van der Waals surface area contributed by atoms with E-state index < -0.39 is 6.10 Å². The molecule has 0 saturated heterocycles. The van der Waals surface area contributed by atoms with Crippen molar-refractivity contribution in [1.82, 2.24) is 10.2 Å². The minimum Gasteiger partial charge on any atom is -0.423 e. The molecule has 4 aromatic rings. The topological polar surface area (TPSA) is 119 Å². The van der Waals surface area contributed by atoms with E-state index >= 15 is 0 Å². The Morgan fingerprint density at radius 2 is 1.73 bits per heavy atom. The van der Waals surface area contributed by atoms with Gasteiger partial charge in [0.2, 0.25) is 12.3 Å². The van der Waals surface area contributed by atoms with Gasteiger partial charge < -0.3 is 14.8 Å². The number of aliphatic hydroxyl groups excluding tert-OH is 1. The number of hydrogen-bond donors (Lipinski definition) is 2. The summed E-state index contributed by atoms with van der Waals surface area (Å²) in [4.78, 5) is 0. The van der Waals surface area contributed by atoms with Crippen LogP contribution in [0.5, 0.6) is 0 Å². The van der Waals surface area contributed by atoms with Crippen LogP contribution in [0.25, 0.3) is 22.2 Å². The van der Waals surface area contributed by atoms with Gasteiger partial charge in [-0.2, -0.15) is 10.5 Å². The monoisotopic (exact) mass is 397 g/mol. The minimum absolute atomic E-state index is 0.399. The standard InChI is InChI=1S/C14H14N2O.C9H5N3O/c1-10(17)9-16-14-7-6-11(8-15)12-4-2-3-5-13(12)14;10-5-7-1-3-8(4-2-7)9-12-11-6-13-9/h2-7,10,16-17H,9H2,1H3;1-4,6H. The first-order valence-corrected chi connectivity index (χ1v) is 9.23. The van der Waals surface area contributed by atoms with Gasteiger partial charge in [-0.3, -0.25) is 0 Å². The first-order chi connectivity index (χ1) is 14.6. The summed E-state index contributed by atoms with van der Waals surface area (Å²) in [7, 11) is 0. The highest BCUT2D eigenvalue weighted by Crippen LogP contribution is 2.26. The van der Waals surface area contributed by atoms with E-state index in [0.717, 1.165) is 22.0 Å². The van der Waals surface area contributed by atoms with Gasteiger partial charge >= 0.3 is 0 Å². The molecule has 3 aromatic carbocycles. The zero-order chi connectivity index (χ0) is 21.3. The van der Waals surface area contributed by atoms with E-state index in [1.54, 1.807) is 37.3 Å². The zero-order valence-electron chi connectivity index (χ0n) is 16.3. The van der Waals surface area contributed by atoms with Crippen LogP contribution in [0.3, 0.4) is 0 Å². The van der Waals surface area contributed by atoms with E-state index in [1.165, 1.54) is 6.39 Å². The third-order valence-electron chi connectivity index (χ3n) is 4.25. The maximum atomic E-state index is 9.27. The van der Waals surface area contributed by atoms with Crippen LogP contribution in [0.1, 0.15) is 18.1 Å². The van der Waals surface area contributed by atoms with Gasteiger partial charge in [0.1, 0.15) is 0 Å². The van der Waals surface area contributed by atoms with Crippen LogP contribution in [-0.2, 0) is 0 Å². The number of rotatable bonds is 4. The van der Waals surface area contributed by atoms with E-state index in [2.05, 4.69) is 21.6 Å². The highest BCUT2D eigenvalue weighted by atomic mass is 16.4. The summed E-state index contributed by atoms with van der Waals surface area (Å²) >= 11 is 0. The van der Waals surface area contributed by atoms with Crippen molar-refractivity contribution in [3.8, 4) is 23.6 Å². The molecule has 1 unspecified atom stereocenters. The Hall–Kier alpha value is -4.20. The molecule has 0 amide bonds. The molecule has 7 heteroatoms. The molecule has 30 heavy (non-hydrogen) atoms. The van der Waals surface area contributed by atoms with Crippen molar-refractivity contribution in [3.63, 3.8) is 0 Å². The largest absolute Gasteiger partial charge is 0.423 e. The number of aromatic nitrogens is 2. The lowest BCUT2D eigenvalue weighted by Gasteiger charge is -2.11. The van der Waals surface area contributed by atoms with E-state index in [1.807, 2.05) is 36.4 Å². The normalized spacial score (nSPS) is 10.9. The van der Waals surface area contributed by atoms with Crippen LogP contribution in [0, 0.1) is 22.7 Å². The number of anilines is 1. The van der Waals surface area contributed by atoms with E-state index in [0.29, 0.717) is 23.6 Å². The predicted molar refractivity (Wildman–Crippen MR) is 113 cm³/mol. The van der Waals surface area contributed by atoms with Crippen molar-refractivity contribution in [1.29, 1.82) is 10.5 Å². The number of nitrogens with one attached hydrogen (secondary N) is 1. The van der Waals surface area contributed by atoms with Crippen molar-refractivity contribution in [2.75, 3.05) is 11.9 Å². The van der Waals surface area contributed by atoms with Crippen LogP contribution in [0.2, 0.25) is 0 Å². The average molecular weight is 397 g/mol. The molecule has 0 spiro atoms. The number of benzene rings is 3. The predicted octanol–water partition coefficient (Wildman–Crippen LogP) is 4.11. The van der Waals surface area contributed by atoms with E-state index in [9.17, 15) is 5.11 Å². The molecule has 148 valence electrons. The third kappa shape index (κ3) is 4.99. The zero-order valence-corrected chi connectivity index (χ0v) is 16.3. The molecule has 0 aliphatic heterocycles. The van der Waals surface area contributed by atoms with Gasteiger partial charge in [0.05, 0.1) is 29.4 Å². The molecule has 1 atom stereocenters. The highest BCUT2D eigenvalue weighted by Gasteiger charge is 2.05. The Morgan fingerprint density at radius 3 is 2.33 bits per heavy atom. The molecule has 0 radical (unpaired) electrons. The number of fused-ring (bicyclic) bond motifs is 1. The Balaban J connectivity index is 0.000000177. The summed E-state index contributed by atoms with van der Waals surface area (Å²) in [6.45, 7) is 2.23. The Morgan fingerprint density at radius 1 is 1.00 bits per heavy atom. The van der Waals surface area contributed by atoms with Crippen LogP contribution in [-0.4, -0.2) is 28.0 Å². The van der Waals surface area contributed by atoms with Crippen LogP contribution >= 0.6 is 0 Å². The molecule has 1 heterocycles. The molecule has 1 aromatic heterocycles. The Labute approximate surface area is 173 Å². The van der Waals surface area contributed by atoms with Gasteiger partial charge in [-0.25, -0.2) is 0 Å². The number of aliphatic hydroxyl groups is 1. The van der Waals surface area contributed by atoms with Crippen LogP contribution in [0.4, 0.5) is 5.69 Å². The first-order valence-electron chi connectivity index (χ1n) is 9.23. The van der Waals surface area contributed by atoms with Gasteiger partial charge in [-0.1, -0.05) is 24.3 Å².